The van der Waals surface area contributed by atoms with Crippen LogP contribution in [0.15, 0.2) is 47.4 Å². The molecule has 5 heteroatoms. The zero-order chi connectivity index (χ0) is 14.3. The predicted octanol–water partition coefficient (Wildman–Crippen LogP) is 2.30. The third kappa shape index (κ3) is 2.29. The lowest BCUT2D eigenvalue weighted by Gasteiger charge is -2.09. The summed E-state index contributed by atoms with van der Waals surface area (Å²) in [5.41, 5.74) is 0. The first-order valence-electron chi connectivity index (χ1n) is 6.53. The molecule has 1 fully saturated rings. The van der Waals surface area contributed by atoms with Gasteiger partial charge in [-0.1, -0.05) is 43.3 Å². The summed E-state index contributed by atoms with van der Waals surface area (Å²) in [6, 6.07) is 12.3. The number of rotatable bonds is 3. The lowest BCUT2D eigenvalue weighted by molar-refractivity contribution is -0.120. The summed E-state index contributed by atoms with van der Waals surface area (Å²) in [5.74, 6) is -0.289. The molecule has 0 saturated heterocycles. The van der Waals surface area contributed by atoms with Crippen LogP contribution >= 0.6 is 0 Å². The highest BCUT2D eigenvalue weighted by Gasteiger charge is 2.40. The summed E-state index contributed by atoms with van der Waals surface area (Å²) in [7, 11) is -3.81. The third-order valence-electron chi connectivity index (χ3n) is 3.72. The number of hydrogen-bond acceptors (Lipinski definition) is 3. The molecule has 2 atom stereocenters. The van der Waals surface area contributed by atoms with Crippen molar-refractivity contribution in [1.82, 2.24) is 4.72 Å². The van der Waals surface area contributed by atoms with Gasteiger partial charge in [-0.05, 0) is 23.8 Å². The van der Waals surface area contributed by atoms with Gasteiger partial charge in [0.15, 0.2) is 0 Å². The molecule has 2 aromatic carbocycles. The molecule has 0 aliphatic heterocycles. The Morgan fingerprint density at radius 1 is 1.15 bits per heavy atom. The Kier molecular flexibility index (Phi) is 3.01. The van der Waals surface area contributed by atoms with Gasteiger partial charge in [-0.2, -0.15) is 0 Å². The van der Waals surface area contributed by atoms with Crippen LogP contribution in [0, 0.1) is 11.8 Å². The number of carbonyl (C=O) groups is 1. The maximum absolute atomic E-state index is 12.4. The second-order valence-corrected chi connectivity index (χ2v) is 6.92. The summed E-state index contributed by atoms with van der Waals surface area (Å²) in [6.45, 7) is 1.94. The summed E-state index contributed by atoms with van der Waals surface area (Å²) >= 11 is 0. The van der Waals surface area contributed by atoms with Crippen LogP contribution in [0.3, 0.4) is 0 Å². The van der Waals surface area contributed by atoms with E-state index in [0.29, 0.717) is 5.39 Å². The van der Waals surface area contributed by atoms with Crippen molar-refractivity contribution >= 4 is 26.7 Å². The van der Waals surface area contributed by atoms with E-state index in [-0.39, 0.29) is 16.7 Å². The highest BCUT2D eigenvalue weighted by atomic mass is 32.2. The molecule has 0 aromatic heterocycles. The van der Waals surface area contributed by atoms with Gasteiger partial charge in [0.1, 0.15) is 0 Å². The first-order chi connectivity index (χ1) is 9.49. The van der Waals surface area contributed by atoms with Gasteiger partial charge in [0, 0.05) is 11.3 Å². The van der Waals surface area contributed by atoms with Crippen LogP contribution in [0.2, 0.25) is 0 Å². The smallest absolute Gasteiger partial charge is 0.264 e. The van der Waals surface area contributed by atoms with Crippen molar-refractivity contribution in [2.75, 3.05) is 0 Å². The van der Waals surface area contributed by atoms with Gasteiger partial charge in [0.25, 0.3) is 10.0 Å². The summed E-state index contributed by atoms with van der Waals surface area (Å²) in [5, 5.41) is 1.46. The molecule has 2 aromatic rings. The van der Waals surface area contributed by atoms with E-state index in [1.165, 1.54) is 6.07 Å². The molecule has 0 heterocycles. The van der Waals surface area contributed by atoms with Crippen LogP contribution < -0.4 is 4.72 Å². The van der Waals surface area contributed by atoms with Gasteiger partial charge in [-0.15, -0.1) is 0 Å². The van der Waals surface area contributed by atoms with Gasteiger partial charge in [-0.25, -0.2) is 13.1 Å². The Bertz CT molecular complexity index is 777. The van der Waals surface area contributed by atoms with Crippen LogP contribution in [-0.2, 0) is 14.8 Å². The number of carbonyl (C=O) groups excluding carboxylic acids is 1. The van der Waals surface area contributed by atoms with Crippen molar-refractivity contribution in [3.8, 4) is 0 Å². The van der Waals surface area contributed by atoms with Crippen LogP contribution in [0.5, 0.6) is 0 Å². The molecule has 1 aliphatic carbocycles. The Morgan fingerprint density at radius 3 is 2.50 bits per heavy atom. The zero-order valence-corrected chi connectivity index (χ0v) is 11.9. The van der Waals surface area contributed by atoms with Crippen molar-refractivity contribution in [2.24, 2.45) is 11.8 Å². The lowest BCUT2D eigenvalue weighted by Crippen LogP contribution is -2.32. The number of hydrogen-bond donors (Lipinski definition) is 1. The van der Waals surface area contributed by atoms with E-state index in [0.717, 1.165) is 11.8 Å². The Balaban J connectivity index is 1.99. The fourth-order valence-corrected chi connectivity index (χ4v) is 3.64. The summed E-state index contributed by atoms with van der Waals surface area (Å²) in [6.07, 6.45) is 0.761. The van der Waals surface area contributed by atoms with Crippen molar-refractivity contribution in [3.63, 3.8) is 0 Å². The van der Waals surface area contributed by atoms with E-state index in [4.69, 9.17) is 0 Å². The first kappa shape index (κ1) is 13.1. The van der Waals surface area contributed by atoms with E-state index < -0.39 is 15.9 Å². The molecule has 4 nitrogen and oxygen atoms in total. The van der Waals surface area contributed by atoms with Gasteiger partial charge < -0.3 is 0 Å². The van der Waals surface area contributed by atoms with Crippen LogP contribution in [-0.4, -0.2) is 14.3 Å². The second kappa shape index (κ2) is 4.59. The van der Waals surface area contributed by atoms with E-state index in [9.17, 15) is 13.2 Å². The molecule has 1 saturated carbocycles. The fourth-order valence-electron chi connectivity index (χ4n) is 2.38. The Hall–Kier alpha value is -1.88. The quantitative estimate of drug-likeness (QED) is 0.943. The molecular weight excluding hydrogens is 274 g/mol. The lowest BCUT2D eigenvalue weighted by atomic mass is 10.1. The molecule has 3 rings (SSSR count). The molecule has 0 spiro atoms. The number of amides is 1. The highest BCUT2D eigenvalue weighted by molar-refractivity contribution is 7.90. The number of fused-ring (bicyclic) bond motifs is 1. The Labute approximate surface area is 117 Å². The topological polar surface area (TPSA) is 63.2 Å². The molecule has 104 valence electrons. The molecule has 1 aliphatic rings. The standard InChI is InChI=1S/C15H15NO3S/c1-10-9-13(10)15(17)16-20(18,19)14-8-4-6-11-5-2-3-7-12(11)14/h2-8,10,13H,9H2,1H3,(H,16,17). The van der Waals surface area contributed by atoms with E-state index >= 15 is 0 Å². The molecule has 20 heavy (non-hydrogen) atoms. The van der Waals surface area contributed by atoms with Crippen molar-refractivity contribution in [3.05, 3.63) is 42.5 Å². The third-order valence-corrected chi connectivity index (χ3v) is 5.13. The monoisotopic (exact) mass is 289 g/mol. The summed E-state index contributed by atoms with van der Waals surface area (Å²) in [4.78, 5) is 12.0. The minimum absolute atomic E-state index is 0.150. The molecule has 1 amide bonds. The number of nitrogens with one attached hydrogen (secondary N) is 1. The van der Waals surface area contributed by atoms with Crippen LogP contribution in [0.4, 0.5) is 0 Å². The minimum Gasteiger partial charge on any atom is -0.274 e. The van der Waals surface area contributed by atoms with Gasteiger partial charge in [0.2, 0.25) is 5.91 Å². The molecular formula is C15H15NO3S. The van der Waals surface area contributed by atoms with Crippen molar-refractivity contribution in [1.29, 1.82) is 0 Å². The molecule has 0 radical (unpaired) electrons. The Morgan fingerprint density at radius 2 is 1.80 bits per heavy atom. The fraction of sp³-hybridized carbons (Fsp3) is 0.267. The number of benzene rings is 2. The van der Waals surface area contributed by atoms with Crippen LogP contribution in [0.25, 0.3) is 10.8 Å². The first-order valence-corrected chi connectivity index (χ1v) is 8.02. The van der Waals surface area contributed by atoms with Gasteiger partial charge >= 0.3 is 0 Å². The molecule has 1 N–H and O–H groups in total. The highest BCUT2D eigenvalue weighted by Crippen LogP contribution is 2.38. The SMILES string of the molecule is CC1CC1C(=O)NS(=O)(=O)c1cccc2ccccc12. The second-order valence-electron chi connectivity index (χ2n) is 5.27. The zero-order valence-electron chi connectivity index (χ0n) is 11.0. The predicted molar refractivity (Wildman–Crippen MR) is 76.5 cm³/mol. The minimum atomic E-state index is -3.81. The van der Waals surface area contributed by atoms with E-state index in [1.807, 2.05) is 25.1 Å². The molecule has 0 bridgehead atoms. The van der Waals surface area contributed by atoms with Crippen molar-refractivity contribution in [2.45, 2.75) is 18.2 Å². The van der Waals surface area contributed by atoms with E-state index in [2.05, 4.69) is 4.72 Å². The average molecular weight is 289 g/mol. The average Bonchev–Trinajstić information content (AvgIpc) is 3.15. The largest absolute Gasteiger partial charge is 0.274 e. The van der Waals surface area contributed by atoms with Crippen LogP contribution in [0.1, 0.15) is 13.3 Å². The van der Waals surface area contributed by atoms with Gasteiger partial charge in [0.05, 0.1) is 4.90 Å². The van der Waals surface area contributed by atoms with Crippen molar-refractivity contribution < 1.29 is 13.2 Å². The number of sulfonamides is 1. The van der Waals surface area contributed by atoms with Gasteiger partial charge in [-0.3, -0.25) is 4.79 Å². The maximum Gasteiger partial charge on any atom is 0.264 e. The molecule has 2 unspecified atom stereocenters. The summed E-state index contributed by atoms with van der Waals surface area (Å²) < 4.78 is 26.9. The maximum atomic E-state index is 12.4. The normalized spacial score (nSPS) is 21.6. The van der Waals surface area contributed by atoms with E-state index in [1.54, 1.807) is 18.2 Å².